The molecular formula is C15H19N3O2S. The molecule has 2 rings (SSSR count). The Balaban J connectivity index is 2.36. The van der Waals surface area contributed by atoms with Gasteiger partial charge < -0.3 is 10.6 Å². The average Bonchev–Trinajstić information content (AvgIpc) is 2.46. The Morgan fingerprint density at radius 2 is 1.86 bits per heavy atom. The van der Waals surface area contributed by atoms with E-state index in [1.165, 1.54) is 6.26 Å². The summed E-state index contributed by atoms with van der Waals surface area (Å²) in [6.07, 6.45) is 2.81. The summed E-state index contributed by atoms with van der Waals surface area (Å²) in [5.41, 5.74) is 7.43. The fourth-order valence-electron chi connectivity index (χ4n) is 2.09. The highest BCUT2D eigenvalue weighted by Gasteiger charge is 2.18. The number of benzene rings is 1. The lowest BCUT2D eigenvalue weighted by molar-refractivity contribution is 0.600. The molecule has 1 aromatic carbocycles. The lowest BCUT2D eigenvalue weighted by atomic mass is 10.2. The molecule has 0 bridgehead atoms. The second-order valence-corrected chi connectivity index (χ2v) is 6.84. The molecule has 6 heteroatoms. The number of pyridine rings is 1. The van der Waals surface area contributed by atoms with Gasteiger partial charge in [0.15, 0.2) is 9.84 Å². The van der Waals surface area contributed by atoms with Crippen LogP contribution in [-0.4, -0.2) is 26.2 Å². The van der Waals surface area contributed by atoms with E-state index < -0.39 is 9.84 Å². The van der Waals surface area contributed by atoms with Crippen molar-refractivity contribution in [3.05, 3.63) is 48.2 Å². The maximum absolute atomic E-state index is 11.9. The first-order chi connectivity index (χ1) is 9.91. The first-order valence-electron chi connectivity index (χ1n) is 6.66. The summed E-state index contributed by atoms with van der Waals surface area (Å²) in [7, 11) is -3.31. The van der Waals surface area contributed by atoms with Gasteiger partial charge in [-0.15, -0.1) is 0 Å². The molecule has 0 spiro atoms. The van der Waals surface area contributed by atoms with Crippen molar-refractivity contribution < 1.29 is 8.42 Å². The van der Waals surface area contributed by atoms with Gasteiger partial charge >= 0.3 is 0 Å². The maximum Gasteiger partial charge on any atom is 0.179 e. The summed E-state index contributed by atoms with van der Waals surface area (Å²) in [5.74, 6) is 0.485. The summed E-state index contributed by atoms with van der Waals surface area (Å²) >= 11 is 0. The Labute approximate surface area is 125 Å². The SMILES string of the molecule is CCN(Cc1ccc(N)cc1)c1ncccc1S(C)(=O)=O. The number of aromatic nitrogens is 1. The lowest BCUT2D eigenvalue weighted by Gasteiger charge is -2.24. The number of nitrogens with zero attached hydrogens (tertiary/aromatic N) is 2. The van der Waals surface area contributed by atoms with Gasteiger partial charge in [0.2, 0.25) is 0 Å². The molecule has 112 valence electrons. The molecular weight excluding hydrogens is 286 g/mol. The Morgan fingerprint density at radius 3 is 2.43 bits per heavy atom. The van der Waals surface area contributed by atoms with E-state index in [0.29, 0.717) is 24.6 Å². The van der Waals surface area contributed by atoms with Crippen molar-refractivity contribution in [3.8, 4) is 0 Å². The minimum Gasteiger partial charge on any atom is -0.399 e. The zero-order valence-electron chi connectivity index (χ0n) is 12.2. The van der Waals surface area contributed by atoms with Crippen molar-refractivity contribution in [1.82, 2.24) is 4.98 Å². The van der Waals surface area contributed by atoms with E-state index >= 15 is 0 Å². The van der Waals surface area contributed by atoms with Crippen LogP contribution in [0.25, 0.3) is 0 Å². The predicted octanol–water partition coefficient (Wildman–Crippen LogP) is 2.09. The first-order valence-corrected chi connectivity index (χ1v) is 8.55. The summed E-state index contributed by atoms with van der Waals surface area (Å²) in [5, 5.41) is 0. The number of nitrogens with two attached hydrogens (primary N) is 1. The van der Waals surface area contributed by atoms with Crippen LogP contribution in [0, 0.1) is 0 Å². The van der Waals surface area contributed by atoms with Gasteiger partial charge in [-0.2, -0.15) is 0 Å². The normalized spacial score (nSPS) is 11.3. The van der Waals surface area contributed by atoms with Crippen LogP contribution in [0.2, 0.25) is 0 Å². The maximum atomic E-state index is 11.9. The Hall–Kier alpha value is -2.08. The van der Waals surface area contributed by atoms with Gasteiger partial charge in [-0.3, -0.25) is 0 Å². The highest BCUT2D eigenvalue weighted by molar-refractivity contribution is 7.90. The van der Waals surface area contributed by atoms with Gasteiger partial charge in [0.05, 0.1) is 0 Å². The van der Waals surface area contributed by atoms with Crippen LogP contribution in [-0.2, 0) is 16.4 Å². The molecule has 0 fully saturated rings. The zero-order valence-corrected chi connectivity index (χ0v) is 13.0. The number of anilines is 2. The smallest absolute Gasteiger partial charge is 0.179 e. The zero-order chi connectivity index (χ0) is 15.5. The standard InChI is InChI=1S/C15H19N3O2S/c1-3-18(11-12-6-8-13(16)9-7-12)15-14(21(2,19)20)5-4-10-17-15/h4-10H,3,11,16H2,1-2H3. The van der Waals surface area contributed by atoms with Crippen LogP contribution in [0.5, 0.6) is 0 Å². The van der Waals surface area contributed by atoms with Crippen molar-refractivity contribution in [2.24, 2.45) is 0 Å². The molecule has 0 saturated heterocycles. The monoisotopic (exact) mass is 305 g/mol. The third-order valence-electron chi connectivity index (χ3n) is 3.18. The van der Waals surface area contributed by atoms with Crippen molar-refractivity contribution >= 4 is 21.3 Å². The van der Waals surface area contributed by atoms with Crippen LogP contribution in [0.3, 0.4) is 0 Å². The van der Waals surface area contributed by atoms with E-state index in [1.54, 1.807) is 18.3 Å². The van der Waals surface area contributed by atoms with Crippen molar-refractivity contribution in [3.63, 3.8) is 0 Å². The van der Waals surface area contributed by atoms with E-state index in [9.17, 15) is 8.42 Å². The van der Waals surface area contributed by atoms with Gasteiger partial charge in [-0.05, 0) is 36.8 Å². The first kappa shape index (κ1) is 15.3. The van der Waals surface area contributed by atoms with E-state index in [-0.39, 0.29) is 4.90 Å². The highest BCUT2D eigenvalue weighted by atomic mass is 32.2. The fraction of sp³-hybridized carbons (Fsp3) is 0.267. The summed E-state index contributed by atoms with van der Waals surface area (Å²) in [4.78, 5) is 6.44. The van der Waals surface area contributed by atoms with Crippen LogP contribution < -0.4 is 10.6 Å². The van der Waals surface area contributed by atoms with Crippen LogP contribution in [0.1, 0.15) is 12.5 Å². The van der Waals surface area contributed by atoms with Crippen molar-refractivity contribution in [2.45, 2.75) is 18.4 Å². The van der Waals surface area contributed by atoms with Gasteiger partial charge in [0.1, 0.15) is 10.7 Å². The molecule has 21 heavy (non-hydrogen) atoms. The molecule has 2 aromatic rings. The molecule has 1 heterocycles. The van der Waals surface area contributed by atoms with E-state index in [1.807, 2.05) is 36.1 Å². The Bertz CT molecular complexity index is 712. The van der Waals surface area contributed by atoms with Gasteiger partial charge in [-0.1, -0.05) is 12.1 Å². The van der Waals surface area contributed by atoms with Gasteiger partial charge in [-0.25, -0.2) is 13.4 Å². The fourth-order valence-corrected chi connectivity index (χ4v) is 2.93. The second kappa shape index (κ2) is 6.13. The molecule has 0 amide bonds. The molecule has 0 atom stereocenters. The molecule has 0 saturated carbocycles. The van der Waals surface area contributed by atoms with Crippen molar-refractivity contribution in [1.29, 1.82) is 0 Å². The summed E-state index contributed by atoms with van der Waals surface area (Å²) < 4.78 is 23.8. The molecule has 0 unspecified atom stereocenters. The Kier molecular flexibility index (Phi) is 4.47. The molecule has 5 nitrogen and oxygen atoms in total. The molecule has 0 radical (unpaired) electrons. The summed E-state index contributed by atoms with van der Waals surface area (Å²) in [6, 6.07) is 10.8. The number of hydrogen-bond donors (Lipinski definition) is 1. The highest BCUT2D eigenvalue weighted by Crippen LogP contribution is 2.23. The third kappa shape index (κ3) is 3.72. The number of hydrogen-bond acceptors (Lipinski definition) is 5. The quantitative estimate of drug-likeness (QED) is 0.856. The molecule has 1 aromatic heterocycles. The van der Waals surface area contributed by atoms with E-state index in [2.05, 4.69) is 4.98 Å². The van der Waals surface area contributed by atoms with Crippen molar-refractivity contribution in [2.75, 3.05) is 23.4 Å². The van der Waals surface area contributed by atoms with E-state index in [0.717, 1.165) is 5.56 Å². The number of rotatable bonds is 5. The largest absolute Gasteiger partial charge is 0.399 e. The van der Waals surface area contributed by atoms with Gasteiger partial charge in [0, 0.05) is 31.2 Å². The minimum absolute atomic E-state index is 0.252. The number of nitrogen functional groups attached to an aromatic ring is 1. The topological polar surface area (TPSA) is 76.3 Å². The molecule has 0 aliphatic rings. The third-order valence-corrected chi connectivity index (χ3v) is 4.30. The number of sulfone groups is 1. The van der Waals surface area contributed by atoms with Crippen LogP contribution in [0.15, 0.2) is 47.5 Å². The summed E-state index contributed by atoms with van der Waals surface area (Å²) in [6.45, 7) is 3.21. The van der Waals surface area contributed by atoms with Crippen LogP contribution in [0.4, 0.5) is 11.5 Å². The minimum atomic E-state index is -3.31. The second-order valence-electron chi connectivity index (χ2n) is 4.85. The molecule has 0 aliphatic heterocycles. The predicted molar refractivity (Wildman–Crippen MR) is 84.9 cm³/mol. The average molecular weight is 305 g/mol. The molecule has 2 N–H and O–H groups in total. The Morgan fingerprint density at radius 1 is 1.19 bits per heavy atom. The van der Waals surface area contributed by atoms with Crippen LogP contribution >= 0.6 is 0 Å². The van der Waals surface area contributed by atoms with E-state index in [4.69, 9.17) is 5.73 Å². The van der Waals surface area contributed by atoms with Gasteiger partial charge in [0.25, 0.3) is 0 Å². The molecule has 0 aliphatic carbocycles. The lowest BCUT2D eigenvalue weighted by Crippen LogP contribution is -2.25.